The van der Waals surface area contributed by atoms with E-state index in [-0.39, 0.29) is 12.1 Å². The van der Waals surface area contributed by atoms with Crippen molar-refractivity contribution in [1.82, 2.24) is 25.7 Å². The van der Waals surface area contributed by atoms with E-state index < -0.39 is 11.7 Å². The van der Waals surface area contributed by atoms with Crippen LogP contribution < -0.4 is 10.6 Å². The van der Waals surface area contributed by atoms with Crippen LogP contribution in [0.4, 0.5) is 9.59 Å². The zero-order chi connectivity index (χ0) is 23.4. The molecule has 0 spiro atoms. The van der Waals surface area contributed by atoms with Gasteiger partial charge in [0, 0.05) is 13.1 Å². The van der Waals surface area contributed by atoms with Crippen LogP contribution in [0.1, 0.15) is 96.3 Å². The Kier molecular flexibility index (Phi) is 10.7. The van der Waals surface area contributed by atoms with Crippen LogP contribution in [0.5, 0.6) is 0 Å². The molecule has 32 heavy (non-hydrogen) atoms. The van der Waals surface area contributed by atoms with Crippen LogP contribution in [0.15, 0.2) is 4.52 Å². The van der Waals surface area contributed by atoms with Crippen molar-refractivity contribution in [2.24, 2.45) is 0 Å². The molecule has 0 aromatic carbocycles. The fraction of sp³-hybridized carbons (Fsp3) is 0.818. The lowest BCUT2D eigenvalue weighted by atomic mass is 10.1. The number of hydrogen-bond acceptors (Lipinski definition) is 7. The van der Waals surface area contributed by atoms with Crippen LogP contribution in [0.2, 0.25) is 0 Å². The van der Waals surface area contributed by atoms with Gasteiger partial charge in [0.25, 0.3) is 0 Å². The van der Waals surface area contributed by atoms with Gasteiger partial charge >= 0.3 is 12.2 Å². The maximum absolute atomic E-state index is 11.5. The molecular formula is C22H39N5O5. The normalized spacial score (nSPS) is 16.3. The topological polar surface area (TPSA) is 130 Å². The number of alkyl carbamates (subject to hydrolysis) is 1. The number of ether oxygens (including phenoxy) is 1. The van der Waals surface area contributed by atoms with E-state index in [0.29, 0.717) is 31.3 Å². The summed E-state index contributed by atoms with van der Waals surface area (Å²) in [6, 6.07) is -0.318. The smallest absolute Gasteiger partial charge is 0.407 e. The second-order valence-electron chi connectivity index (χ2n) is 9.26. The molecule has 10 nitrogen and oxygen atoms in total. The van der Waals surface area contributed by atoms with Crippen LogP contribution >= 0.6 is 0 Å². The molecule has 10 heteroatoms. The van der Waals surface area contributed by atoms with Crippen molar-refractivity contribution in [3.05, 3.63) is 11.7 Å². The number of carboxylic acid groups (broad SMARTS) is 1. The van der Waals surface area contributed by atoms with E-state index in [0.717, 1.165) is 45.1 Å². The van der Waals surface area contributed by atoms with Crippen molar-refractivity contribution in [2.45, 2.75) is 96.7 Å². The molecule has 1 atom stereocenters. The Balaban J connectivity index is 1.43. The quantitative estimate of drug-likeness (QED) is 0.378. The van der Waals surface area contributed by atoms with Gasteiger partial charge in [0.2, 0.25) is 5.89 Å². The molecule has 0 bridgehead atoms. The number of aromatic nitrogens is 2. The summed E-state index contributed by atoms with van der Waals surface area (Å²) in [6.45, 7) is 8.15. The van der Waals surface area contributed by atoms with E-state index in [2.05, 4.69) is 20.8 Å². The van der Waals surface area contributed by atoms with Crippen molar-refractivity contribution in [3.63, 3.8) is 0 Å². The summed E-state index contributed by atoms with van der Waals surface area (Å²) in [5.74, 6) is 0.959. The lowest BCUT2D eigenvalue weighted by Crippen LogP contribution is -2.32. The molecule has 0 aliphatic carbocycles. The maximum atomic E-state index is 11.5. The number of rotatable bonds is 13. The molecule has 1 aromatic rings. The van der Waals surface area contributed by atoms with Gasteiger partial charge in [-0.15, -0.1) is 0 Å². The molecule has 1 fully saturated rings. The fourth-order valence-electron chi connectivity index (χ4n) is 3.69. The number of hydrogen-bond donors (Lipinski definition) is 3. The molecule has 2 amide bonds. The lowest BCUT2D eigenvalue weighted by molar-refractivity contribution is 0.0527. The second kappa shape index (κ2) is 13.2. The first-order valence-electron chi connectivity index (χ1n) is 11.8. The van der Waals surface area contributed by atoms with Gasteiger partial charge in [-0.1, -0.05) is 37.3 Å². The van der Waals surface area contributed by atoms with E-state index in [1.54, 1.807) is 0 Å². The standard InChI is InChI=1S/C22H39N5O5/c1-22(2,3)31-20(28)24-14-10-8-6-4-5-7-9-13-23-16-18-25-19(32-26-18)17-12-11-15-27(17)21(29)30/h17,23H,4-16H2,1-3H3,(H,24,28)(H,29,30)/t17-/m1/s1. The van der Waals surface area contributed by atoms with Crippen LogP contribution in [0.3, 0.4) is 0 Å². The number of likely N-dealkylation sites (tertiary alicyclic amines) is 1. The van der Waals surface area contributed by atoms with Crippen molar-refractivity contribution in [3.8, 4) is 0 Å². The van der Waals surface area contributed by atoms with Gasteiger partial charge in [-0.25, -0.2) is 9.59 Å². The SMILES string of the molecule is CC(C)(C)OC(=O)NCCCCCCCCCNCc1noc([C@H]2CCCN2C(=O)O)n1. The minimum atomic E-state index is -0.942. The van der Waals surface area contributed by atoms with E-state index >= 15 is 0 Å². The molecule has 1 saturated heterocycles. The summed E-state index contributed by atoms with van der Waals surface area (Å²) in [7, 11) is 0. The van der Waals surface area contributed by atoms with E-state index in [4.69, 9.17) is 9.26 Å². The van der Waals surface area contributed by atoms with Gasteiger partial charge in [0.1, 0.15) is 11.6 Å². The summed E-state index contributed by atoms with van der Waals surface area (Å²) in [6.07, 6.45) is 8.14. The van der Waals surface area contributed by atoms with Crippen LogP contribution in [0.25, 0.3) is 0 Å². The first-order valence-corrected chi connectivity index (χ1v) is 11.8. The van der Waals surface area contributed by atoms with E-state index in [1.807, 2.05) is 20.8 Å². The average Bonchev–Trinajstić information content (AvgIpc) is 3.36. The second-order valence-corrected chi connectivity index (χ2v) is 9.26. The van der Waals surface area contributed by atoms with Crippen LogP contribution in [-0.4, -0.2) is 57.6 Å². The minimum absolute atomic E-state index is 0.318. The third-order valence-corrected chi connectivity index (χ3v) is 5.25. The minimum Gasteiger partial charge on any atom is -0.465 e. The highest BCUT2D eigenvalue weighted by Gasteiger charge is 2.33. The van der Waals surface area contributed by atoms with Crippen molar-refractivity contribution in [1.29, 1.82) is 0 Å². The summed E-state index contributed by atoms with van der Waals surface area (Å²) >= 11 is 0. The molecular weight excluding hydrogens is 414 g/mol. The van der Waals surface area contributed by atoms with Gasteiger partial charge < -0.3 is 25.0 Å². The maximum Gasteiger partial charge on any atom is 0.407 e. The number of carbonyl (C=O) groups excluding carboxylic acids is 1. The summed E-state index contributed by atoms with van der Waals surface area (Å²) < 4.78 is 10.5. The third-order valence-electron chi connectivity index (χ3n) is 5.25. The van der Waals surface area contributed by atoms with Gasteiger partial charge in [0.05, 0.1) is 6.54 Å². The Morgan fingerprint density at radius 3 is 2.44 bits per heavy atom. The van der Waals surface area contributed by atoms with Crippen LogP contribution in [0, 0.1) is 0 Å². The average molecular weight is 454 g/mol. The highest BCUT2D eigenvalue weighted by Crippen LogP contribution is 2.30. The van der Waals surface area contributed by atoms with Crippen molar-refractivity contribution < 1.29 is 24.0 Å². The first-order chi connectivity index (χ1) is 15.3. The molecule has 2 rings (SSSR count). The highest BCUT2D eigenvalue weighted by molar-refractivity contribution is 5.67. The Hall–Kier alpha value is -2.36. The lowest BCUT2D eigenvalue weighted by Gasteiger charge is -2.19. The Morgan fingerprint density at radius 1 is 1.12 bits per heavy atom. The molecule has 182 valence electrons. The first kappa shape index (κ1) is 25.9. The number of amides is 2. The molecule has 1 aromatic heterocycles. The molecule has 2 heterocycles. The Morgan fingerprint density at radius 2 is 1.78 bits per heavy atom. The monoisotopic (exact) mass is 453 g/mol. The molecule has 0 radical (unpaired) electrons. The molecule has 3 N–H and O–H groups in total. The van der Waals surface area contributed by atoms with E-state index in [1.165, 1.54) is 24.2 Å². The number of nitrogens with one attached hydrogen (secondary N) is 2. The Bertz CT molecular complexity index is 703. The Labute approximate surface area is 190 Å². The van der Waals surface area contributed by atoms with Crippen LogP contribution in [-0.2, 0) is 11.3 Å². The zero-order valence-electron chi connectivity index (χ0n) is 19.7. The predicted octanol–water partition coefficient (Wildman–Crippen LogP) is 4.23. The van der Waals surface area contributed by atoms with Crippen molar-refractivity contribution in [2.75, 3.05) is 19.6 Å². The molecule has 0 saturated carbocycles. The summed E-state index contributed by atoms with van der Waals surface area (Å²) in [5.41, 5.74) is -0.452. The van der Waals surface area contributed by atoms with Gasteiger partial charge in [0.15, 0.2) is 5.82 Å². The molecule has 1 aliphatic heterocycles. The number of unbranched alkanes of at least 4 members (excludes halogenated alkanes) is 6. The summed E-state index contributed by atoms with van der Waals surface area (Å²) in [5, 5.41) is 19.3. The van der Waals surface area contributed by atoms with Gasteiger partial charge in [-0.3, -0.25) is 4.90 Å². The number of carbonyl (C=O) groups is 2. The van der Waals surface area contributed by atoms with Crippen molar-refractivity contribution >= 4 is 12.2 Å². The largest absolute Gasteiger partial charge is 0.465 e. The number of nitrogens with zero attached hydrogens (tertiary/aromatic N) is 3. The fourth-order valence-corrected chi connectivity index (χ4v) is 3.69. The van der Waals surface area contributed by atoms with Gasteiger partial charge in [-0.2, -0.15) is 4.98 Å². The van der Waals surface area contributed by atoms with E-state index in [9.17, 15) is 14.7 Å². The highest BCUT2D eigenvalue weighted by atomic mass is 16.6. The summed E-state index contributed by atoms with van der Waals surface area (Å²) in [4.78, 5) is 28.5. The third kappa shape index (κ3) is 9.84. The zero-order valence-corrected chi connectivity index (χ0v) is 19.7. The van der Waals surface area contributed by atoms with Gasteiger partial charge in [-0.05, 0) is 53.0 Å². The predicted molar refractivity (Wildman–Crippen MR) is 119 cm³/mol. The molecule has 1 aliphatic rings. The molecule has 0 unspecified atom stereocenters.